The number of nitrogens with zero attached hydrogens (tertiary/aromatic N) is 9. The summed E-state index contributed by atoms with van der Waals surface area (Å²) < 4.78 is 20.1. The molecule has 0 aliphatic carbocycles. The van der Waals surface area contributed by atoms with Crippen LogP contribution in [0.15, 0.2) is 118 Å². The maximum atomic E-state index is 10.5. The van der Waals surface area contributed by atoms with Gasteiger partial charge in [-0.1, -0.05) is 80.6 Å². The topological polar surface area (TPSA) is 152 Å². The largest absolute Gasteiger partial charge is 0.495 e. The Labute approximate surface area is 326 Å². The molecule has 1 N–H and O–H groups in total. The Morgan fingerprint density at radius 2 is 1.54 bits per heavy atom. The molecule has 0 radical (unpaired) electrons. The van der Waals surface area contributed by atoms with Gasteiger partial charge in [0.15, 0.2) is 16.5 Å². The molecule has 13 nitrogen and oxygen atoms in total. The normalized spacial score (nSPS) is 11.7. The molecular weight excluding hydrogens is 725 g/mol. The quantitative estimate of drug-likeness (QED) is 0.133. The molecular formula is C42H36N10O3S. The molecule has 0 bridgehead atoms. The number of benzene rings is 4. The number of rotatable bonds is 10. The van der Waals surface area contributed by atoms with E-state index >= 15 is 0 Å². The lowest BCUT2D eigenvalue weighted by Gasteiger charge is -2.24. The highest BCUT2D eigenvalue weighted by atomic mass is 32.1. The molecule has 4 heterocycles. The Hall–Kier alpha value is -7.11. The predicted octanol–water partition coefficient (Wildman–Crippen LogP) is 11.1. The number of fused-ring (bicyclic) bond motifs is 2. The van der Waals surface area contributed by atoms with Gasteiger partial charge in [-0.15, -0.1) is 10.2 Å². The van der Waals surface area contributed by atoms with E-state index in [9.17, 15) is 5.26 Å². The minimum absolute atomic E-state index is 0.160. The summed E-state index contributed by atoms with van der Waals surface area (Å²) >= 11 is 1.54. The maximum Gasteiger partial charge on any atom is 0.325 e. The number of aromatic nitrogens is 5. The molecule has 0 saturated heterocycles. The minimum Gasteiger partial charge on any atom is -0.495 e. The van der Waals surface area contributed by atoms with E-state index in [0.29, 0.717) is 56.4 Å². The van der Waals surface area contributed by atoms with Crippen LogP contribution in [-0.4, -0.2) is 39.0 Å². The lowest BCUT2D eigenvalue weighted by atomic mass is 9.90. The van der Waals surface area contributed by atoms with Crippen LogP contribution in [-0.2, 0) is 5.41 Å². The number of nitriles is 1. The number of aryl methyl sites for hydroxylation is 1. The second-order valence-electron chi connectivity index (χ2n) is 13.8. The molecule has 0 spiro atoms. The molecule has 0 amide bonds. The zero-order chi connectivity index (χ0) is 39.0. The van der Waals surface area contributed by atoms with Crippen LogP contribution < -0.4 is 19.7 Å². The van der Waals surface area contributed by atoms with Crippen molar-refractivity contribution in [2.45, 2.75) is 33.1 Å². The molecule has 56 heavy (non-hydrogen) atoms. The number of thiazole rings is 1. The standard InChI is InChI=1S/C42H36N10O3S/c1-25-23-35(51(30-18-10-13-21-33(30)54-6)41-46-29-17-9-14-22-34(29)56-41)47-38(44-27-15-7-11-19-31(27)53-5)36(25)48-49-39-26(24-43)37(42(2,3)4)50-52(39)40-45-28-16-8-12-20-32(28)55-40/h7-23H,1-6H3,(H,44,47). The monoisotopic (exact) mass is 760 g/mol. The van der Waals surface area contributed by atoms with Crippen molar-refractivity contribution in [3.8, 4) is 23.6 Å². The fraction of sp³-hybridized carbons (Fsp3) is 0.167. The predicted molar refractivity (Wildman–Crippen MR) is 218 cm³/mol. The summed E-state index contributed by atoms with van der Waals surface area (Å²) in [6.45, 7) is 7.87. The average Bonchev–Trinajstić information content (AvgIpc) is 3.93. The molecule has 0 fully saturated rings. The number of ether oxygens (including phenoxy) is 2. The number of methoxy groups -OCH3 is 2. The van der Waals surface area contributed by atoms with Gasteiger partial charge in [-0.05, 0) is 67.1 Å². The molecule has 0 atom stereocenters. The third kappa shape index (κ3) is 6.65. The number of azo groups is 1. The zero-order valence-electron chi connectivity index (χ0n) is 31.5. The molecule has 0 aliphatic rings. The van der Waals surface area contributed by atoms with Crippen LogP contribution in [0.1, 0.15) is 37.6 Å². The van der Waals surface area contributed by atoms with Crippen LogP contribution >= 0.6 is 11.3 Å². The van der Waals surface area contributed by atoms with Crippen molar-refractivity contribution in [3.63, 3.8) is 0 Å². The summed E-state index contributed by atoms with van der Waals surface area (Å²) in [7, 11) is 3.24. The van der Waals surface area contributed by atoms with Crippen molar-refractivity contribution in [2.75, 3.05) is 24.4 Å². The fourth-order valence-corrected chi connectivity index (χ4v) is 7.25. The van der Waals surface area contributed by atoms with Crippen LogP contribution in [0.5, 0.6) is 11.5 Å². The molecule has 14 heteroatoms. The summed E-state index contributed by atoms with van der Waals surface area (Å²) in [4.78, 5) is 16.9. The number of pyridine rings is 1. The lowest BCUT2D eigenvalue weighted by molar-refractivity contribution is 0.416. The Morgan fingerprint density at radius 1 is 0.839 bits per heavy atom. The third-order valence-electron chi connectivity index (χ3n) is 8.95. The van der Waals surface area contributed by atoms with Crippen molar-refractivity contribution >= 4 is 72.3 Å². The second-order valence-corrected chi connectivity index (χ2v) is 14.8. The molecule has 0 aliphatic heterocycles. The van der Waals surface area contributed by atoms with Crippen molar-refractivity contribution < 1.29 is 13.9 Å². The number of nitrogens with one attached hydrogen (secondary N) is 1. The van der Waals surface area contributed by atoms with Gasteiger partial charge >= 0.3 is 6.01 Å². The van der Waals surface area contributed by atoms with Gasteiger partial charge in [-0.3, -0.25) is 4.90 Å². The molecule has 278 valence electrons. The van der Waals surface area contributed by atoms with Gasteiger partial charge in [0.25, 0.3) is 0 Å². The maximum absolute atomic E-state index is 10.5. The van der Waals surface area contributed by atoms with Crippen molar-refractivity contribution in [1.29, 1.82) is 5.26 Å². The second kappa shape index (κ2) is 14.6. The van der Waals surface area contributed by atoms with Gasteiger partial charge in [0.05, 0.1) is 41.5 Å². The van der Waals surface area contributed by atoms with Gasteiger partial charge in [0, 0.05) is 5.41 Å². The third-order valence-corrected chi connectivity index (χ3v) is 9.97. The van der Waals surface area contributed by atoms with Crippen molar-refractivity contribution in [1.82, 2.24) is 24.7 Å². The Bertz CT molecular complexity index is 2740. The molecule has 8 aromatic rings. The van der Waals surface area contributed by atoms with Crippen LogP contribution in [0, 0.1) is 18.3 Å². The van der Waals surface area contributed by atoms with Gasteiger partial charge in [-0.2, -0.15) is 20.0 Å². The highest BCUT2D eigenvalue weighted by Crippen LogP contribution is 2.45. The molecule has 4 aromatic heterocycles. The van der Waals surface area contributed by atoms with E-state index in [4.69, 9.17) is 39.2 Å². The summed E-state index contributed by atoms with van der Waals surface area (Å²) in [6.07, 6.45) is 0. The summed E-state index contributed by atoms with van der Waals surface area (Å²) in [6, 6.07) is 35.1. The van der Waals surface area contributed by atoms with E-state index < -0.39 is 5.41 Å². The van der Waals surface area contributed by atoms with Crippen molar-refractivity contribution in [3.05, 3.63) is 120 Å². The van der Waals surface area contributed by atoms with Gasteiger partial charge in [-0.25, -0.2) is 9.97 Å². The van der Waals surface area contributed by atoms with Crippen LogP contribution in [0.25, 0.3) is 27.3 Å². The minimum atomic E-state index is -0.509. The van der Waals surface area contributed by atoms with Gasteiger partial charge < -0.3 is 19.2 Å². The van der Waals surface area contributed by atoms with E-state index in [1.165, 1.54) is 16.0 Å². The number of oxazole rings is 1. The highest BCUT2D eigenvalue weighted by Gasteiger charge is 2.30. The van der Waals surface area contributed by atoms with E-state index in [1.807, 2.05) is 136 Å². The lowest BCUT2D eigenvalue weighted by Crippen LogP contribution is -2.14. The first-order valence-corrected chi connectivity index (χ1v) is 18.5. The molecule has 0 saturated carbocycles. The SMILES string of the molecule is COc1ccccc1Nc1nc(N(c2nc3ccccc3s2)c2ccccc2OC)cc(C)c1N=Nc1c(C#N)c(C(C)(C)C)nn1-c1nc2ccccc2o1. The van der Waals surface area contributed by atoms with Crippen LogP contribution in [0.4, 0.5) is 39.6 Å². The van der Waals surface area contributed by atoms with E-state index in [-0.39, 0.29) is 17.4 Å². The average molecular weight is 761 g/mol. The van der Waals surface area contributed by atoms with Crippen molar-refractivity contribution in [2.24, 2.45) is 10.2 Å². The Kier molecular flexibility index (Phi) is 9.37. The van der Waals surface area contributed by atoms with Crippen LogP contribution in [0.2, 0.25) is 0 Å². The summed E-state index contributed by atoms with van der Waals surface area (Å²) in [5.74, 6) is 2.33. The first-order chi connectivity index (χ1) is 27.2. The van der Waals surface area contributed by atoms with E-state index in [1.54, 1.807) is 14.2 Å². The molecule has 8 rings (SSSR count). The summed E-state index contributed by atoms with van der Waals surface area (Å²) in [5.41, 5.74) is 4.88. The van der Waals surface area contributed by atoms with E-state index in [0.717, 1.165) is 21.5 Å². The van der Waals surface area contributed by atoms with Gasteiger partial charge in [0.1, 0.15) is 40.2 Å². The molecule has 0 unspecified atom stereocenters. The highest BCUT2D eigenvalue weighted by molar-refractivity contribution is 7.22. The zero-order valence-corrected chi connectivity index (χ0v) is 32.3. The first-order valence-electron chi connectivity index (χ1n) is 17.7. The number of hydrogen-bond donors (Lipinski definition) is 1. The fourth-order valence-electron chi connectivity index (χ4n) is 6.26. The number of anilines is 5. The Morgan fingerprint density at radius 3 is 2.27 bits per heavy atom. The number of para-hydroxylation sites is 7. The van der Waals surface area contributed by atoms with Gasteiger partial charge in [0.2, 0.25) is 5.82 Å². The van der Waals surface area contributed by atoms with E-state index in [2.05, 4.69) is 16.4 Å². The number of hydrogen-bond acceptors (Lipinski definition) is 13. The van der Waals surface area contributed by atoms with Crippen LogP contribution in [0.3, 0.4) is 0 Å². The summed E-state index contributed by atoms with van der Waals surface area (Å²) in [5, 5.41) is 29.0. The Balaban J connectivity index is 1.34. The first kappa shape index (κ1) is 35.9. The smallest absolute Gasteiger partial charge is 0.325 e. The molecule has 4 aromatic carbocycles.